The number of sulfonamides is 1. The Morgan fingerprint density at radius 2 is 2.05 bits per heavy atom. The molecule has 0 atom stereocenters. The molecule has 0 fully saturated rings. The van der Waals surface area contributed by atoms with Gasteiger partial charge in [-0.3, -0.25) is 10.1 Å². The van der Waals surface area contributed by atoms with Gasteiger partial charge in [0.2, 0.25) is 10.0 Å². The summed E-state index contributed by atoms with van der Waals surface area (Å²) in [5.41, 5.74) is -0.445. The maximum Gasteiger partial charge on any atom is 0.289 e. The number of halogens is 1. The van der Waals surface area contributed by atoms with Crippen LogP contribution in [0.15, 0.2) is 27.6 Å². The Morgan fingerprint density at radius 1 is 1.37 bits per heavy atom. The van der Waals surface area contributed by atoms with Gasteiger partial charge >= 0.3 is 0 Å². The van der Waals surface area contributed by atoms with Crippen LogP contribution in [0.1, 0.15) is 6.92 Å². The normalized spacial score (nSPS) is 11.5. The lowest BCUT2D eigenvalue weighted by Gasteiger charge is -2.08. The van der Waals surface area contributed by atoms with Crippen LogP contribution in [0.25, 0.3) is 0 Å². The number of hydrogen-bond acceptors (Lipinski definition) is 5. The zero-order chi connectivity index (χ0) is 14.5. The van der Waals surface area contributed by atoms with Crippen molar-refractivity contribution in [2.75, 3.05) is 19.6 Å². The van der Waals surface area contributed by atoms with Crippen molar-refractivity contribution in [3.63, 3.8) is 0 Å². The Morgan fingerprint density at radius 3 is 2.63 bits per heavy atom. The molecule has 1 rings (SSSR count). The van der Waals surface area contributed by atoms with Gasteiger partial charge in [0.25, 0.3) is 5.69 Å². The standard InChI is InChI=1S/C10H14BrN3O4S/c1-2-12-5-6-13-19(17,18)10-7-8(11)3-4-9(10)14(15)16/h3-4,7,12-13H,2,5-6H2,1H3. The molecule has 106 valence electrons. The summed E-state index contributed by atoms with van der Waals surface area (Å²) in [6, 6.07) is 3.80. The molecule has 0 aliphatic heterocycles. The smallest absolute Gasteiger partial charge is 0.289 e. The summed E-state index contributed by atoms with van der Waals surface area (Å²) in [7, 11) is -3.90. The van der Waals surface area contributed by atoms with Crippen LogP contribution >= 0.6 is 15.9 Å². The number of rotatable bonds is 7. The van der Waals surface area contributed by atoms with E-state index in [0.29, 0.717) is 11.0 Å². The zero-order valence-electron chi connectivity index (χ0n) is 10.2. The van der Waals surface area contributed by atoms with Crippen molar-refractivity contribution in [1.29, 1.82) is 0 Å². The first kappa shape index (κ1) is 16.0. The number of nitro groups is 1. The first-order valence-electron chi connectivity index (χ1n) is 5.53. The molecule has 0 aliphatic carbocycles. The first-order valence-corrected chi connectivity index (χ1v) is 7.80. The Labute approximate surface area is 119 Å². The first-order chi connectivity index (χ1) is 8.88. The second-order valence-electron chi connectivity index (χ2n) is 3.62. The Bertz CT molecular complexity index is 562. The maximum atomic E-state index is 12.0. The summed E-state index contributed by atoms with van der Waals surface area (Å²) in [6.45, 7) is 3.24. The zero-order valence-corrected chi connectivity index (χ0v) is 12.6. The fourth-order valence-corrected chi connectivity index (χ4v) is 3.12. The minimum atomic E-state index is -3.90. The highest BCUT2D eigenvalue weighted by molar-refractivity contribution is 9.10. The maximum absolute atomic E-state index is 12.0. The second kappa shape index (κ2) is 6.94. The summed E-state index contributed by atoms with van der Waals surface area (Å²) in [5, 5.41) is 13.8. The van der Waals surface area contributed by atoms with E-state index in [1.165, 1.54) is 12.1 Å². The van der Waals surface area contributed by atoms with Crippen LogP contribution in [0.5, 0.6) is 0 Å². The molecular formula is C10H14BrN3O4S. The molecule has 0 saturated heterocycles. The largest absolute Gasteiger partial charge is 0.316 e. The lowest BCUT2D eigenvalue weighted by atomic mass is 10.3. The third-order valence-corrected chi connectivity index (χ3v) is 4.24. The van der Waals surface area contributed by atoms with Crippen LogP contribution in [0.2, 0.25) is 0 Å². The molecule has 0 bridgehead atoms. The van der Waals surface area contributed by atoms with E-state index in [2.05, 4.69) is 26.0 Å². The monoisotopic (exact) mass is 351 g/mol. The predicted octanol–water partition coefficient (Wildman–Crippen LogP) is 1.25. The average Bonchev–Trinajstić information content (AvgIpc) is 2.34. The van der Waals surface area contributed by atoms with Gasteiger partial charge in [-0.25, -0.2) is 13.1 Å². The van der Waals surface area contributed by atoms with E-state index in [1.54, 1.807) is 0 Å². The van der Waals surface area contributed by atoms with Crippen molar-refractivity contribution in [2.45, 2.75) is 11.8 Å². The molecule has 0 unspecified atom stereocenters. The number of nitrogens with zero attached hydrogens (tertiary/aromatic N) is 1. The lowest BCUT2D eigenvalue weighted by Crippen LogP contribution is -2.32. The fraction of sp³-hybridized carbons (Fsp3) is 0.400. The molecule has 0 saturated carbocycles. The Hall–Kier alpha value is -1.03. The summed E-state index contributed by atoms with van der Waals surface area (Å²) < 4.78 is 26.8. The van der Waals surface area contributed by atoms with Crippen molar-refractivity contribution in [1.82, 2.24) is 10.0 Å². The molecule has 0 spiro atoms. The second-order valence-corrected chi connectivity index (χ2v) is 6.27. The van der Waals surface area contributed by atoms with Crippen molar-refractivity contribution in [3.05, 3.63) is 32.8 Å². The summed E-state index contributed by atoms with van der Waals surface area (Å²) >= 11 is 3.10. The molecule has 2 N–H and O–H groups in total. The third-order valence-electron chi connectivity index (χ3n) is 2.25. The molecule has 9 heteroatoms. The molecule has 0 amide bonds. The van der Waals surface area contributed by atoms with Crippen molar-refractivity contribution < 1.29 is 13.3 Å². The molecule has 1 aromatic rings. The van der Waals surface area contributed by atoms with Gasteiger partial charge in [-0.05, 0) is 18.7 Å². The molecule has 0 radical (unpaired) electrons. The predicted molar refractivity (Wildman–Crippen MR) is 74.5 cm³/mol. The highest BCUT2D eigenvalue weighted by Crippen LogP contribution is 2.26. The van der Waals surface area contributed by atoms with E-state index < -0.39 is 20.6 Å². The molecule has 0 aliphatic rings. The number of nitro benzene ring substituents is 1. The summed E-state index contributed by atoms with van der Waals surface area (Å²) in [6.07, 6.45) is 0. The Kier molecular flexibility index (Phi) is 5.85. The molecule has 0 aromatic heterocycles. The highest BCUT2D eigenvalue weighted by Gasteiger charge is 2.25. The number of hydrogen-bond donors (Lipinski definition) is 2. The van der Waals surface area contributed by atoms with Crippen LogP contribution in [-0.2, 0) is 10.0 Å². The van der Waals surface area contributed by atoms with Gasteiger partial charge in [0.1, 0.15) is 0 Å². The van der Waals surface area contributed by atoms with Gasteiger partial charge in [-0.15, -0.1) is 0 Å². The SMILES string of the molecule is CCNCCNS(=O)(=O)c1cc(Br)ccc1[N+](=O)[O-]. The topological polar surface area (TPSA) is 101 Å². The Balaban J connectivity index is 3.00. The average molecular weight is 352 g/mol. The van der Waals surface area contributed by atoms with Gasteiger partial charge in [-0.1, -0.05) is 22.9 Å². The van der Waals surface area contributed by atoms with E-state index in [-0.39, 0.29) is 11.4 Å². The van der Waals surface area contributed by atoms with Crippen molar-refractivity contribution in [3.8, 4) is 0 Å². The van der Waals surface area contributed by atoms with Gasteiger partial charge in [0.05, 0.1) is 4.92 Å². The van der Waals surface area contributed by atoms with E-state index in [0.717, 1.165) is 12.6 Å². The number of likely N-dealkylation sites (N-methyl/N-ethyl adjacent to an activating group) is 1. The molecule has 19 heavy (non-hydrogen) atoms. The van der Waals surface area contributed by atoms with E-state index in [9.17, 15) is 18.5 Å². The van der Waals surface area contributed by atoms with Gasteiger partial charge in [-0.2, -0.15) is 0 Å². The fourth-order valence-electron chi connectivity index (χ4n) is 1.38. The minimum Gasteiger partial charge on any atom is -0.316 e. The van der Waals surface area contributed by atoms with E-state index in [4.69, 9.17) is 0 Å². The van der Waals surface area contributed by atoms with Gasteiger partial charge in [0, 0.05) is 23.6 Å². The van der Waals surface area contributed by atoms with Gasteiger partial charge < -0.3 is 5.32 Å². The summed E-state index contributed by atoms with van der Waals surface area (Å²) in [5.74, 6) is 0. The van der Waals surface area contributed by atoms with Crippen LogP contribution in [0.3, 0.4) is 0 Å². The van der Waals surface area contributed by atoms with Crippen molar-refractivity contribution >= 4 is 31.6 Å². The molecule has 0 heterocycles. The number of benzene rings is 1. The third kappa shape index (κ3) is 4.53. The van der Waals surface area contributed by atoms with E-state index in [1.807, 2.05) is 6.92 Å². The molecule has 7 nitrogen and oxygen atoms in total. The minimum absolute atomic E-state index is 0.167. The quantitative estimate of drug-likeness (QED) is 0.437. The van der Waals surface area contributed by atoms with Gasteiger partial charge in [0.15, 0.2) is 4.90 Å². The number of nitrogens with one attached hydrogen (secondary N) is 2. The van der Waals surface area contributed by atoms with E-state index >= 15 is 0 Å². The van der Waals surface area contributed by atoms with Crippen LogP contribution < -0.4 is 10.0 Å². The van der Waals surface area contributed by atoms with Crippen molar-refractivity contribution in [2.24, 2.45) is 0 Å². The highest BCUT2D eigenvalue weighted by atomic mass is 79.9. The molecular weight excluding hydrogens is 338 g/mol. The summed E-state index contributed by atoms with van der Waals surface area (Å²) in [4.78, 5) is 9.78. The van der Waals surface area contributed by atoms with Crippen LogP contribution in [0.4, 0.5) is 5.69 Å². The molecule has 1 aromatic carbocycles. The van der Waals surface area contributed by atoms with Crippen LogP contribution in [-0.4, -0.2) is 33.0 Å². The lowest BCUT2D eigenvalue weighted by molar-refractivity contribution is -0.387. The van der Waals surface area contributed by atoms with Crippen LogP contribution in [0, 0.1) is 10.1 Å².